The average Bonchev–Trinajstić information content (AvgIpc) is 2.73. The zero-order valence-electron chi connectivity index (χ0n) is 14.6. The predicted octanol–water partition coefficient (Wildman–Crippen LogP) is 3.40. The molecule has 0 atom stereocenters. The zero-order valence-corrected chi connectivity index (χ0v) is 14.6. The van der Waals surface area contributed by atoms with Crippen LogP contribution in [0.3, 0.4) is 0 Å². The van der Waals surface area contributed by atoms with Gasteiger partial charge in [-0.3, -0.25) is 4.98 Å². The fraction of sp³-hybridized carbons (Fsp3) is 0.227. The smallest absolute Gasteiger partial charge is 0.143 e. The minimum atomic E-state index is -0.756. The van der Waals surface area contributed by atoms with Crippen LogP contribution in [0.15, 0.2) is 85.2 Å². The SMILES string of the molecule is OCCOCCOC(c1ccccc1)(c1ccccc1)c1ccncc1. The number of rotatable bonds is 9. The van der Waals surface area contributed by atoms with E-state index in [9.17, 15) is 0 Å². The lowest BCUT2D eigenvalue weighted by Gasteiger charge is -2.35. The summed E-state index contributed by atoms with van der Waals surface area (Å²) >= 11 is 0. The Morgan fingerprint density at radius 2 is 1.23 bits per heavy atom. The molecule has 0 radical (unpaired) electrons. The Morgan fingerprint density at radius 1 is 0.692 bits per heavy atom. The van der Waals surface area contributed by atoms with E-state index in [1.165, 1.54) is 0 Å². The zero-order chi connectivity index (χ0) is 18.1. The third kappa shape index (κ3) is 3.99. The van der Waals surface area contributed by atoms with Gasteiger partial charge in [0.25, 0.3) is 0 Å². The van der Waals surface area contributed by atoms with Crippen LogP contribution in [-0.2, 0) is 15.1 Å². The molecule has 1 N–H and O–H groups in total. The van der Waals surface area contributed by atoms with Gasteiger partial charge in [0.15, 0.2) is 0 Å². The van der Waals surface area contributed by atoms with E-state index < -0.39 is 5.60 Å². The number of nitrogens with zero attached hydrogens (tertiary/aromatic N) is 1. The fourth-order valence-corrected chi connectivity index (χ4v) is 3.10. The lowest BCUT2D eigenvalue weighted by atomic mass is 9.80. The van der Waals surface area contributed by atoms with Crippen molar-refractivity contribution in [1.29, 1.82) is 0 Å². The summed E-state index contributed by atoms with van der Waals surface area (Å²) in [5, 5.41) is 8.89. The summed E-state index contributed by atoms with van der Waals surface area (Å²) < 4.78 is 11.9. The Morgan fingerprint density at radius 3 is 1.77 bits per heavy atom. The maximum Gasteiger partial charge on any atom is 0.143 e. The van der Waals surface area contributed by atoms with Crippen molar-refractivity contribution in [1.82, 2.24) is 4.98 Å². The van der Waals surface area contributed by atoms with Crippen molar-refractivity contribution in [3.63, 3.8) is 0 Å². The van der Waals surface area contributed by atoms with Gasteiger partial charge in [-0.15, -0.1) is 0 Å². The standard InChI is InChI=1S/C22H23NO3/c24-15-16-25-17-18-26-22(19-7-3-1-4-8-19,20-9-5-2-6-10-20)21-11-13-23-14-12-21/h1-14,24H,15-18H2. The van der Waals surface area contributed by atoms with Gasteiger partial charge in [0.1, 0.15) is 5.60 Å². The summed E-state index contributed by atoms with van der Waals surface area (Å²) in [6.45, 7) is 1.12. The van der Waals surface area contributed by atoms with Crippen molar-refractivity contribution < 1.29 is 14.6 Å². The predicted molar refractivity (Wildman–Crippen MR) is 101 cm³/mol. The quantitative estimate of drug-likeness (QED) is 0.602. The van der Waals surface area contributed by atoms with Crippen molar-refractivity contribution >= 4 is 0 Å². The summed E-state index contributed by atoms with van der Waals surface area (Å²) in [7, 11) is 0. The molecular formula is C22H23NO3. The maximum absolute atomic E-state index is 8.89. The van der Waals surface area contributed by atoms with E-state index >= 15 is 0 Å². The molecule has 3 aromatic rings. The van der Waals surface area contributed by atoms with Crippen LogP contribution in [0.25, 0.3) is 0 Å². The second-order valence-electron chi connectivity index (χ2n) is 5.83. The molecule has 0 bridgehead atoms. The number of hydrogen-bond acceptors (Lipinski definition) is 4. The van der Waals surface area contributed by atoms with Gasteiger partial charge in [-0.1, -0.05) is 60.7 Å². The van der Waals surface area contributed by atoms with Crippen LogP contribution in [-0.4, -0.2) is 36.5 Å². The first-order valence-electron chi connectivity index (χ1n) is 8.72. The van der Waals surface area contributed by atoms with Crippen LogP contribution in [0.5, 0.6) is 0 Å². The van der Waals surface area contributed by atoms with Crippen molar-refractivity contribution in [2.24, 2.45) is 0 Å². The highest BCUT2D eigenvalue weighted by molar-refractivity contribution is 5.46. The van der Waals surface area contributed by atoms with Crippen LogP contribution >= 0.6 is 0 Å². The topological polar surface area (TPSA) is 51.6 Å². The van der Waals surface area contributed by atoms with Crippen molar-refractivity contribution in [2.75, 3.05) is 26.4 Å². The average molecular weight is 349 g/mol. The highest BCUT2D eigenvalue weighted by Crippen LogP contribution is 2.40. The molecule has 134 valence electrons. The second-order valence-corrected chi connectivity index (χ2v) is 5.83. The van der Waals surface area contributed by atoms with Crippen LogP contribution in [0.4, 0.5) is 0 Å². The van der Waals surface area contributed by atoms with Gasteiger partial charge in [0.05, 0.1) is 26.4 Å². The van der Waals surface area contributed by atoms with E-state index in [2.05, 4.69) is 29.2 Å². The van der Waals surface area contributed by atoms with Crippen molar-refractivity contribution in [3.05, 3.63) is 102 Å². The fourth-order valence-electron chi connectivity index (χ4n) is 3.10. The highest BCUT2D eigenvalue weighted by Gasteiger charge is 2.37. The van der Waals surface area contributed by atoms with Crippen LogP contribution in [0.2, 0.25) is 0 Å². The minimum Gasteiger partial charge on any atom is -0.394 e. The minimum absolute atomic E-state index is 0.00681. The Kier molecular flexibility index (Phi) is 6.50. The van der Waals surface area contributed by atoms with Gasteiger partial charge in [0.2, 0.25) is 0 Å². The summed E-state index contributed by atoms with van der Waals surface area (Å²) in [6.07, 6.45) is 3.56. The van der Waals surface area contributed by atoms with Crippen LogP contribution in [0.1, 0.15) is 16.7 Å². The highest BCUT2D eigenvalue weighted by atomic mass is 16.5. The Bertz CT molecular complexity index is 667. The lowest BCUT2D eigenvalue weighted by Crippen LogP contribution is -2.34. The number of ether oxygens (including phenoxy) is 2. The molecule has 0 aliphatic heterocycles. The summed E-state index contributed by atoms with van der Waals surface area (Å²) in [5.74, 6) is 0. The van der Waals surface area contributed by atoms with Gasteiger partial charge in [-0.2, -0.15) is 0 Å². The summed E-state index contributed by atoms with van der Waals surface area (Å²) in [5.41, 5.74) is 2.33. The van der Waals surface area contributed by atoms with E-state index in [0.29, 0.717) is 19.8 Å². The molecule has 26 heavy (non-hydrogen) atoms. The molecule has 0 amide bonds. The largest absolute Gasteiger partial charge is 0.394 e. The molecule has 0 spiro atoms. The molecule has 4 nitrogen and oxygen atoms in total. The van der Waals surface area contributed by atoms with E-state index in [1.54, 1.807) is 12.4 Å². The Hall–Kier alpha value is -2.53. The molecule has 0 aliphatic rings. The third-order valence-electron chi connectivity index (χ3n) is 4.23. The molecule has 0 saturated heterocycles. The lowest BCUT2D eigenvalue weighted by molar-refractivity contribution is -0.0282. The third-order valence-corrected chi connectivity index (χ3v) is 4.23. The molecule has 0 aliphatic carbocycles. The summed E-state index contributed by atoms with van der Waals surface area (Å²) in [6, 6.07) is 24.3. The number of aliphatic hydroxyl groups is 1. The van der Waals surface area contributed by atoms with E-state index in [0.717, 1.165) is 16.7 Å². The van der Waals surface area contributed by atoms with Gasteiger partial charge in [0, 0.05) is 12.4 Å². The molecule has 0 fully saturated rings. The normalized spacial score (nSPS) is 11.4. The molecule has 1 aromatic heterocycles. The van der Waals surface area contributed by atoms with Crippen LogP contribution < -0.4 is 0 Å². The molecule has 1 heterocycles. The van der Waals surface area contributed by atoms with E-state index in [4.69, 9.17) is 14.6 Å². The van der Waals surface area contributed by atoms with Crippen molar-refractivity contribution in [2.45, 2.75) is 5.60 Å². The van der Waals surface area contributed by atoms with Gasteiger partial charge < -0.3 is 14.6 Å². The Labute approximate surface area is 154 Å². The monoisotopic (exact) mass is 349 g/mol. The molecule has 0 saturated carbocycles. The first-order valence-corrected chi connectivity index (χ1v) is 8.72. The summed E-state index contributed by atoms with van der Waals surface area (Å²) in [4.78, 5) is 4.16. The first kappa shape index (κ1) is 18.3. The van der Waals surface area contributed by atoms with Gasteiger partial charge >= 0.3 is 0 Å². The number of benzene rings is 2. The number of aliphatic hydroxyl groups excluding tert-OH is 1. The molecule has 2 aromatic carbocycles. The second kappa shape index (κ2) is 9.25. The van der Waals surface area contributed by atoms with Gasteiger partial charge in [-0.05, 0) is 28.8 Å². The van der Waals surface area contributed by atoms with Gasteiger partial charge in [-0.25, -0.2) is 0 Å². The molecule has 4 heteroatoms. The molecule has 0 unspecified atom stereocenters. The Balaban J connectivity index is 2.06. The molecular weight excluding hydrogens is 326 g/mol. The number of aromatic nitrogens is 1. The number of hydrogen-bond donors (Lipinski definition) is 1. The van der Waals surface area contributed by atoms with E-state index in [-0.39, 0.29) is 6.61 Å². The molecule has 3 rings (SSSR count). The first-order chi connectivity index (χ1) is 12.9. The van der Waals surface area contributed by atoms with Crippen molar-refractivity contribution in [3.8, 4) is 0 Å². The van der Waals surface area contributed by atoms with Crippen LogP contribution in [0, 0.1) is 0 Å². The number of pyridine rings is 1. The van der Waals surface area contributed by atoms with E-state index in [1.807, 2.05) is 48.5 Å². The maximum atomic E-state index is 8.89.